The van der Waals surface area contributed by atoms with E-state index in [1.807, 2.05) is 38.0 Å². The molecule has 8 heteroatoms. The van der Waals surface area contributed by atoms with E-state index >= 15 is 0 Å². The van der Waals surface area contributed by atoms with Crippen LogP contribution in [0.1, 0.15) is 0 Å². The number of benzene rings is 1. The standard InChI is InChI=1S/C13H16Cl2N6/c1-20(2)12-17-11(18-13(19-12)21(3)4)16-10-6-5-8(14)7-9(10)15/h5-7H,1-4H3,(H,16,17,18,19). The Hall–Kier alpha value is -1.79. The Bertz CT molecular complexity index is 618. The molecule has 0 aliphatic carbocycles. The largest absolute Gasteiger partial charge is 0.347 e. The molecule has 2 aromatic rings. The average Bonchev–Trinajstić information content (AvgIpc) is 2.41. The highest BCUT2D eigenvalue weighted by Gasteiger charge is 2.11. The van der Waals surface area contributed by atoms with Gasteiger partial charge >= 0.3 is 0 Å². The van der Waals surface area contributed by atoms with Crippen LogP contribution in [0.2, 0.25) is 10.0 Å². The lowest BCUT2D eigenvalue weighted by molar-refractivity contribution is 0.920. The second-order valence-corrected chi connectivity index (χ2v) is 5.64. The molecule has 0 unspecified atom stereocenters. The summed E-state index contributed by atoms with van der Waals surface area (Å²) in [6.45, 7) is 0. The molecule has 1 heterocycles. The number of halogens is 2. The van der Waals surface area contributed by atoms with Crippen LogP contribution in [0, 0.1) is 0 Å². The molecule has 0 saturated carbocycles. The fourth-order valence-electron chi connectivity index (χ4n) is 1.52. The summed E-state index contributed by atoms with van der Waals surface area (Å²) >= 11 is 12.0. The molecule has 0 radical (unpaired) electrons. The van der Waals surface area contributed by atoms with Crippen molar-refractivity contribution in [2.75, 3.05) is 43.3 Å². The Labute approximate surface area is 133 Å². The van der Waals surface area contributed by atoms with Gasteiger partial charge in [-0.15, -0.1) is 0 Å². The molecule has 0 bridgehead atoms. The molecule has 0 saturated heterocycles. The average molecular weight is 327 g/mol. The van der Waals surface area contributed by atoms with E-state index in [0.29, 0.717) is 33.6 Å². The molecule has 0 fully saturated rings. The first-order valence-corrected chi connectivity index (χ1v) is 6.95. The summed E-state index contributed by atoms with van der Waals surface area (Å²) in [4.78, 5) is 16.7. The van der Waals surface area contributed by atoms with Gasteiger partial charge in [0.25, 0.3) is 0 Å². The summed E-state index contributed by atoms with van der Waals surface area (Å²) in [5.74, 6) is 1.53. The molecule has 112 valence electrons. The third-order valence-electron chi connectivity index (χ3n) is 2.59. The van der Waals surface area contributed by atoms with Crippen molar-refractivity contribution in [3.63, 3.8) is 0 Å². The molecule has 2 rings (SSSR count). The third-order valence-corrected chi connectivity index (χ3v) is 3.14. The Kier molecular flexibility index (Phi) is 4.69. The topological polar surface area (TPSA) is 57.2 Å². The summed E-state index contributed by atoms with van der Waals surface area (Å²) in [7, 11) is 7.48. The molecule has 21 heavy (non-hydrogen) atoms. The van der Waals surface area contributed by atoms with Crippen LogP contribution in [-0.2, 0) is 0 Å². The van der Waals surface area contributed by atoms with E-state index in [1.54, 1.807) is 18.2 Å². The van der Waals surface area contributed by atoms with Crippen LogP contribution in [0.4, 0.5) is 23.5 Å². The van der Waals surface area contributed by atoms with E-state index in [1.165, 1.54) is 0 Å². The lowest BCUT2D eigenvalue weighted by Crippen LogP contribution is -2.19. The van der Waals surface area contributed by atoms with Crippen molar-refractivity contribution in [2.24, 2.45) is 0 Å². The Morgan fingerprint density at radius 1 is 0.905 bits per heavy atom. The Balaban J connectivity index is 2.38. The van der Waals surface area contributed by atoms with Crippen LogP contribution >= 0.6 is 23.2 Å². The van der Waals surface area contributed by atoms with Crippen molar-refractivity contribution in [3.8, 4) is 0 Å². The van der Waals surface area contributed by atoms with Gasteiger partial charge in [0.2, 0.25) is 17.8 Å². The van der Waals surface area contributed by atoms with Crippen molar-refractivity contribution in [1.29, 1.82) is 0 Å². The van der Waals surface area contributed by atoms with Crippen LogP contribution in [0.15, 0.2) is 18.2 Å². The highest BCUT2D eigenvalue weighted by atomic mass is 35.5. The molecular formula is C13H16Cl2N6. The third kappa shape index (κ3) is 3.86. The fraction of sp³-hybridized carbons (Fsp3) is 0.308. The molecule has 0 aliphatic heterocycles. The maximum atomic E-state index is 6.15. The Morgan fingerprint density at radius 2 is 1.48 bits per heavy atom. The van der Waals surface area contributed by atoms with Crippen LogP contribution in [0.3, 0.4) is 0 Å². The highest BCUT2D eigenvalue weighted by Crippen LogP contribution is 2.27. The van der Waals surface area contributed by atoms with Gasteiger partial charge in [-0.25, -0.2) is 0 Å². The second kappa shape index (κ2) is 6.32. The molecule has 1 N–H and O–H groups in total. The van der Waals surface area contributed by atoms with E-state index in [4.69, 9.17) is 23.2 Å². The molecule has 0 amide bonds. The first-order valence-electron chi connectivity index (χ1n) is 6.19. The lowest BCUT2D eigenvalue weighted by Gasteiger charge is -2.17. The SMILES string of the molecule is CN(C)c1nc(Nc2ccc(Cl)cc2Cl)nc(N(C)C)n1. The smallest absolute Gasteiger partial charge is 0.233 e. The minimum Gasteiger partial charge on any atom is -0.347 e. The van der Waals surface area contributed by atoms with Crippen LogP contribution < -0.4 is 15.1 Å². The molecule has 0 aliphatic rings. The van der Waals surface area contributed by atoms with Crippen molar-refractivity contribution in [2.45, 2.75) is 0 Å². The van der Waals surface area contributed by atoms with Crippen molar-refractivity contribution < 1.29 is 0 Å². The summed E-state index contributed by atoms with van der Waals surface area (Å²) in [5, 5.41) is 4.16. The van der Waals surface area contributed by atoms with Crippen molar-refractivity contribution in [1.82, 2.24) is 15.0 Å². The van der Waals surface area contributed by atoms with Gasteiger partial charge in [-0.1, -0.05) is 23.2 Å². The predicted octanol–water partition coefficient (Wildman–Crippen LogP) is 3.05. The van der Waals surface area contributed by atoms with E-state index in [2.05, 4.69) is 20.3 Å². The van der Waals surface area contributed by atoms with Gasteiger partial charge in [0.05, 0.1) is 10.7 Å². The fourth-order valence-corrected chi connectivity index (χ4v) is 1.98. The number of nitrogens with zero attached hydrogens (tertiary/aromatic N) is 5. The van der Waals surface area contributed by atoms with E-state index in [0.717, 1.165) is 0 Å². The zero-order valence-electron chi connectivity index (χ0n) is 12.2. The molecule has 6 nitrogen and oxygen atoms in total. The minimum absolute atomic E-state index is 0.418. The first-order chi connectivity index (χ1) is 9.86. The van der Waals surface area contributed by atoms with Gasteiger partial charge in [0, 0.05) is 33.2 Å². The quantitative estimate of drug-likeness (QED) is 0.931. The summed E-state index contributed by atoms with van der Waals surface area (Å²) in [6, 6.07) is 5.18. The van der Waals surface area contributed by atoms with Gasteiger partial charge in [-0.2, -0.15) is 15.0 Å². The maximum Gasteiger partial charge on any atom is 0.233 e. The van der Waals surface area contributed by atoms with Gasteiger partial charge in [0.1, 0.15) is 0 Å². The zero-order valence-corrected chi connectivity index (χ0v) is 13.7. The second-order valence-electron chi connectivity index (χ2n) is 4.80. The highest BCUT2D eigenvalue weighted by molar-refractivity contribution is 6.36. The lowest BCUT2D eigenvalue weighted by atomic mass is 10.3. The van der Waals surface area contributed by atoms with Gasteiger partial charge < -0.3 is 15.1 Å². The molecule has 1 aromatic carbocycles. The van der Waals surface area contributed by atoms with Crippen LogP contribution in [-0.4, -0.2) is 43.1 Å². The minimum atomic E-state index is 0.418. The summed E-state index contributed by atoms with van der Waals surface area (Å²) in [5.41, 5.74) is 0.682. The van der Waals surface area contributed by atoms with E-state index in [-0.39, 0.29) is 0 Å². The number of hydrogen-bond donors (Lipinski definition) is 1. The zero-order chi connectivity index (χ0) is 15.6. The van der Waals surface area contributed by atoms with Crippen LogP contribution in [0.5, 0.6) is 0 Å². The number of rotatable bonds is 4. The predicted molar refractivity (Wildman–Crippen MR) is 88.2 cm³/mol. The molecular weight excluding hydrogens is 311 g/mol. The number of nitrogens with one attached hydrogen (secondary N) is 1. The van der Waals surface area contributed by atoms with Crippen LogP contribution in [0.25, 0.3) is 0 Å². The van der Waals surface area contributed by atoms with Crippen molar-refractivity contribution >= 4 is 46.7 Å². The van der Waals surface area contributed by atoms with Gasteiger partial charge in [0.15, 0.2) is 0 Å². The maximum absolute atomic E-state index is 6.15. The summed E-state index contributed by atoms with van der Waals surface area (Å²) < 4.78 is 0. The first kappa shape index (κ1) is 15.6. The van der Waals surface area contributed by atoms with E-state index < -0.39 is 0 Å². The van der Waals surface area contributed by atoms with E-state index in [9.17, 15) is 0 Å². The number of hydrogen-bond acceptors (Lipinski definition) is 6. The van der Waals surface area contributed by atoms with Crippen molar-refractivity contribution in [3.05, 3.63) is 28.2 Å². The summed E-state index contributed by atoms with van der Waals surface area (Å²) in [6.07, 6.45) is 0. The number of anilines is 4. The monoisotopic (exact) mass is 326 g/mol. The Morgan fingerprint density at radius 3 is 1.95 bits per heavy atom. The molecule has 0 spiro atoms. The normalized spacial score (nSPS) is 10.4. The molecule has 1 aromatic heterocycles. The molecule has 0 atom stereocenters. The number of aromatic nitrogens is 3. The van der Waals surface area contributed by atoms with Gasteiger partial charge in [-0.05, 0) is 18.2 Å². The van der Waals surface area contributed by atoms with Gasteiger partial charge in [-0.3, -0.25) is 0 Å².